The summed E-state index contributed by atoms with van der Waals surface area (Å²) in [4.78, 5) is 0. The Morgan fingerprint density at radius 1 is 0.667 bits per heavy atom. The van der Waals surface area contributed by atoms with Crippen molar-refractivity contribution in [2.75, 3.05) is 0 Å². The highest BCUT2D eigenvalue weighted by atomic mass is 14.4. The van der Waals surface area contributed by atoms with Crippen LogP contribution in [-0.2, 0) is 0 Å². The SMILES string of the molecule is CC1(C2CCCCCCC2)CCCCC1. The fraction of sp³-hybridized carbons (Fsp3) is 1.00. The summed E-state index contributed by atoms with van der Waals surface area (Å²) in [6, 6.07) is 0. The van der Waals surface area contributed by atoms with E-state index in [1.54, 1.807) is 0 Å². The van der Waals surface area contributed by atoms with Crippen molar-refractivity contribution in [2.24, 2.45) is 11.3 Å². The van der Waals surface area contributed by atoms with Gasteiger partial charge in [-0.05, 0) is 37.0 Å². The third-order valence-electron chi connectivity index (χ3n) is 5.09. The number of rotatable bonds is 1. The van der Waals surface area contributed by atoms with Crippen molar-refractivity contribution in [3.63, 3.8) is 0 Å². The monoisotopic (exact) mass is 208 g/mol. The molecule has 0 bridgehead atoms. The van der Waals surface area contributed by atoms with E-state index >= 15 is 0 Å². The van der Waals surface area contributed by atoms with E-state index in [4.69, 9.17) is 0 Å². The van der Waals surface area contributed by atoms with Gasteiger partial charge in [-0.1, -0.05) is 58.3 Å². The van der Waals surface area contributed by atoms with Gasteiger partial charge in [0, 0.05) is 0 Å². The van der Waals surface area contributed by atoms with Gasteiger partial charge in [0.05, 0.1) is 0 Å². The van der Waals surface area contributed by atoms with E-state index < -0.39 is 0 Å². The van der Waals surface area contributed by atoms with Crippen LogP contribution in [0.4, 0.5) is 0 Å². The molecule has 0 heteroatoms. The molecule has 2 fully saturated rings. The standard InChI is InChI=1S/C15H28/c1-15(12-8-5-9-13-15)14-10-6-3-2-4-7-11-14/h14H,2-13H2,1H3. The lowest BCUT2D eigenvalue weighted by Gasteiger charge is -2.42. The van der Waals surface area contributed by atoms with Crippen LogP contribution in [0.2, 0.25) is 0 Å². The summed E-state index contributed by atoms with van der Waals surface area (Å²) in [5.74, 6) is 1.07. The van der Waals surface area contributed by atoms with Crippen molar-refractivity contribution < 1.29 is 0 Å². The zero-order valence-electron chi connectivity index (χ0n) is 10.6. The molecule has 0 saturated heterocycles. The quantitative estimate of drug-likeness (QED) is 0.547. The van der Waals surface area contributed by atoms with E-state index in [9.17, 15) is 0 Å². The Bertz CT molecular complexity index is 168. The lowest BCUT2D eigenvalue weighted by atomic mass is 9.64. The van der Waals surface area contributed by atoms with Gasteiger partial charge in [0.1, 0.15) is 0 Å². The molecule has 0 spiro atoms. The summed E-state index contributed by atoms with van der Waals surface area (Å²) < 4.78 is 0. The van der Waals surface area contributed by atoms with Crippen molar-refractivity contribution in [3.05, 3.63) is 0 Å². The molecule has 0 N–H and O–H groups in total. The van der Waals surface area contributed by atoms with Crippen LogP contribution < -0.4 is 0 Å². The third kappa shape index (κ3) is 2.98. The summed E-state index contributed by atoms with van der Waals surface area (Å²) in [5.41, 5.74) is 0.732. The minimum Gasteiger partial charge on any atom is -0.0594 e. The zero-order chi connectivity index (χ0) is 10.6. The Hall–Kier alpha value is 0. The minimum atomic E-state index is 0.732. The largest absolute Gasteiger partial charge is 0.0594 e. The van der Waals surface area contributed by atoms with Gasteiger partial charge in [-0.3, -0.25) is 0 Å². The Morgan fingerprint density at radius 3 is 1.73 bits per heavy atom. The molecule has 0 aromatic carbocycles. The Morgan fingerprint density at radius 2 is 1.13 bits per heavy atom. The van der Waals surface area contributed by atoms with E-state index in [0.717, 1.165) is 11.3 Å². The molecule has 0 atom stereocenters. The second-order valence-electron chi connectivity index (χ2n) is 6.26. The van der Waals surface area contributed by atoms with Crippen molar-refractivity contribution in [1.29, 1.82) is 0 Å². The molecule has 0 aromatic rings. The van der Waals surface area contributed by atoms with Crippen molar-refractivity contribution in [3.8, 4) is 0 Å². The topological polar surface area (TPSA) is 0 Å². The average molecular weight is 208 g/mol. The molecule has 0 heterocycles. The summed E-state index contributed by atoms with van der Waals surface area (Å²) in [7, 11) is 0. The van der Waals surface area contributed by atoms with Crippen LogP contribution in [0.5, 0.6) is 0 Å². The molecule has 0 aromatic heterocycles. The summed E-state index contributed by atoms with van der Waals surface area (Å²) in [6.45, 7) is 2.60. The Kier molecular flexibility index (Phi) is 4.11. The van der Waals surface area contributed by atoms with E-state index in [1.807, 2.05) is 0 Å². The van der Waals surface area contributed by atoms with Crippen LogP contribution in [0, 0.1) is 11.3 Å². The number of hydrogen-bond donors (Lipinski definition) is 0. The van der Waals surface area contributed by atoms with Crippen molar-refractivity contribution in [2.45, 2.75) is 84.0 Å². The van der Waals surface area contributed by atoms with Gasteiger partial charge in [0.2, 0.25) is 0 Å². The molecule has 15 heavy (non-hydrogen) atoms. The molecular weight excluding hydrogens is 180 g/mol. The molecule has 2 aliphatic carbocycles. The molecule has 0 amide bonds. The smallest absolute Gasteiger partial charge is 0.0298 e. The second-order valence-corrected chi connectivity index (χ2v) is 6.26. The first-order chi connectivity index (χ1) is 7.31. The van der Waals surface area contributed by atoms with Crippen LogP contribution in [-0.4, -0.2) is 0 Å². The summed E-state index contributed by atoms with van der Waals surface area (Å²) >= 11 is 0. The van der Waals surface area contributed by atoms with E-state index in [2.05, 4.69) is 6.92 Å². The second kappa shape index (κ2) is 5.37. The molecule has 88 valence electrons. The molecule has 0 nitrogen and oxygen atoms in total. The van der Waals surface area contributed by atoms with E-state index in [-0.39, 0.29) is 0 Å². The Balaban J connectivity index is 1.92. The fourth-order valence-electron chi connectivity index (χ4n) is 3.92. The van der Waals surface area contributed by atoms with E-state index in [1.165, 1.54) is 77.0 Å². The zero-order valence-corrected chi connectivity index (χ0v) is 10.6. The average Bonchev–Trinajstić information content (AvgIpc) is 2.17. The fourth-order valence-corrected chi connectivity index (χ4v) is 3.92. The predicted molar refractivity (Wildman–Crippen MR) is 67.0 cm³/mol. The first kappa shape index (κ1) is 11.5. The highest BCUT2D eigenvalue weighted by Gasteiger charge is 2.34. The molecule has 2 saturated carbocycles. The van der Waals surface area contributed by atoms with Gasteiger partial charge in [-0.2, -0.15) is 0 Å². The summed E-state index contributed by atoms with van der Waals surface area (Å²) in [6.07, 6.45) is 18.2. The van der Waals surface area contributed by atoms with Gasteiger partial charge < -0.3 is 0 Å². The first-order valence-electron chi connectivity index (χ1n) is 7.31. The van der Waals surface area contributed by atoms with E-state index in [0.29, 0.717) is 0 Å². The van der Waals surface area contributed by atoms with Crippen molar-refractivity contribution in [1.82, 2.24) is 0 Å². The minimum absolute atomic E-state index is 0.732. The maximum absolute atomic E-state index is 2.60. The lowest BCUT2D eigenvalue weighted by Crippen LogP contribution is -2.30. The first-order valence-corrected chi connectivity index (χ1v) is 7.31. The number of hydrogen-bond acceptors (Lipinski definition) is 0. The van der Waals surface area contributed by atoms with Crippen LogP contribution in [0.1, 0.15) is 84.0 Å². The van der Waals surface area contributed by atoms with Gasteiger partial charge >= 0.3 is 0 Å². The third-order valence-corrected chi connectivity index (χ3v) is 5.09. The van der Waals surface area contributed by atoms with Crippen LogP contribution in [0.25, 0.3) is 0 Å². The van der Waals surface area contributed by atoms with Crippen LogP contribution in [0.3, 0.4) is 0 Å². The maximum atomic E-state index is 2.60. The molecule has 0 aliphatic heterocycles. The molecule has 0 unspecified atom stereocenters. The highest BCUT2D eigenvalue weighted by molar-refractivity contribution is 4.85. The van der Waals surface area contributed by atoms with Crippen LogP contribution >= 0.6 is 0 Å². The maximum Gasteiger partial charge on any atom is -0.0298 e. The molecular formula is C15H28. The highest BCUT2D eigenvalue weighted by Crippen LogP contribution is 2.46. The van der Waals surface area contributed by atoms with Gasteiger partial charge in [0.25, 0.3) is 0 Å². The lowest BCUT2D eigenvalue weighted by molar-refractivity contribution is 0.0957. The van der Waals surface area contributed by atoms with Crippen molar-refractivity contribution >= 4 is 0 Å². The Labute approximate surface area is 95.8 Å². The van der Waals surface area contributed by atoms with Crippen LogP contribution in [0.15, 0.2) is 0 Å². The summed E-state index contributed by atoms with van der Waals surface area (Å²) in [5, 5.41) is 0. The molecule has 0 radical (unpaired) electrons. The van der Waals surface area contributed by atoms with Gasteiger partial charge in [-0.25, -0.2) is 0 Å². The molecule has 2 aliphatic rings. The van der Waals surface area contributed by atoms with Gasteiger partial charge in [0.15, 0.2) is 0 Å². The normalized spacial score (nSPS) is 29.4. The van der Waals surface area contributed by atoms with Gasteiger partial charge in [-0.15, -0.1) is 0 Å². The molecule has 2 rings (SSSR count). The predicted octanol–water partition coefficient (Wildman–Crippen LogP) is 5.32.